The van der Waals surface area contributed by atoms with Crippen LogP contribution in [0.25, 0.3) is 0 Å². The number of aliphatic carboxylic acids is 1. The number of carbonyl (C=O) groups is 2. The number of unbranched alkanes of at least 4 members (excludes halogenated alkanes) is 1. The van der Waals surface area contributed by atoms with Gasteiger partial charge in [-0.2, -0.15) is 0 Å². The monoisotopic (exact) mass is 273 g/mol. The minimum absolute atomic E-state index is 0.0259. The van der Waals surface area contributed by atoms with Crippen LogP contribution in [0.3, 0.4) is 0 Å². The van der Waals surface area contributed by atoms with E-state index >= 15 is 0 Å². The van der Waals surface area contributed by atoms with Gasteiger partial charge in [-0.1, -0.05) is 0 Å². The Hall–Kier alpha value is -1.30. The minimum Gasteiger partial charge on any atom is -0.481 e. The maximum atomic E-state index is 11.9. The summed E-state index contributed by atoms with van der Waals surface area (Å²) in [4.78, 5) is 26.2. The fourth-order valence-corrected chi connectivity index (χ4v) is 1.87. The van der Waals surface area contributed by atoms with E-state index in [9.17, 15) is 9.59 Å². The molecule has 112 valence electrons. The first-order valence-corrected chi connectivity index (χ1v) is 6.79. The number of hydrogen-bond acceptors (Lipinski definition) is 3. The fourth-order valence-electron chi connectivity index (χ4n) is 1.87. The third-order valence-corrected chi connectivity index (χ3v) is 2.91. The molecular weight excluding hydrogens is 246 g/mol. The zero-order valence-corrected chi connectivity index (χ0v) is 12.5. The number of urea groups is 1. The SMILES string of the molecule is CCN(C(=O)NCCCCN(C)C)C(C)CC(=O)O. The molecule has 2 N–H and O–H groups in total. The van der Waals surface area contributed by atoms with Crippen molar-refractivity contribution in [2.45, 2.75) is 39.2 Å². The second kappa shape index (κ2) is 9.61. The van der Waals surface area contributed by atoms with Crippen LogP contribution in [0.5, 0.6) is 0 Å². The summed E-state index contributed by atoms with van der Waals surface area (Å²) in [6.45, 7) is 5.75. The van der Waals surface area contributed by atoms with Crippen molar-refractivity contribution >= 4 is 12.0 Å². The number of carboxylic acid groups (broad SMARTS) is 1. The number of hydrogen-bond donors (Lipinski definition) is 2. The van der Waals surface area contributed by atoms with E-state index in [-0.39, 0.29) is 18.5 Å². The second-order valence-corrected chi connectivity index (χ2v) is 4.98. The second-order valence-electron chi connectivity index (χ2n) is 4.98. The van der Waals surface area contributed by atoms with Crippen molar-refractivity contribution in [1.82, 2.24) is 15.1 Å². The van der Waals surface area contributed by atoms with Gasteiger partial charge in [0, 0.05) is 19.1 Å². The highest BCUT2D eigenvalue weighted by Crippen LogP contribution is 2.04. The van der Waals surface area contributed by atoms with E-state index in [1.54, 1.807) is 11.8 Å². The fraction of sp³-hybridized carbons (Fsp3) is 0.846. The van der Waals surface area contributed by atoms with Crippen LogP contribution < -0.4 is 5.32 Å². The molecule has 19 heavy (non-hydrogen) atoms. The van der Waals surface area contributed by atoms with Gasteiger partial charge < -0.3 is 20.2 Å². The summed E-state index contributed by atoms with van der Waals surface area (Å²) in [5.41, 5.74) is 0. The first kappa shape index (κ1) is 17.7. The first-order valence-electron chi connectivity index (χ1n) is 6.79. The van der Waals surface area contributed by atoms with Crippen LogP contribution in [0, 0.1) is 0 Å². The van der Waals surface area contributed by atoms with Gasteiger partial charge in [0.1, 0.15) is 0 Å². The van der Waals surface area contributed by atoms with Crippen molar-refractivity contribution in [3.63, 3.8) is 0 Å². The molecule has 0 aliphatic heterocycles. The van der Waals surface area contributed by atoms with Crippen LogP contribution in [0.1, 0.15) is 33.1 Å². The molecule has 0 heterocycles. The van der Waals surface area contributed by atoms with Gasteiger partial charge in [0.2, 0.25) is 0 Å². The summed E-state index contributed by atoms with van der Waals surface area (Å²) in [6, 6.07) is -0.467. The minimum atomic E-state index is -0.885. The van der Waals surface area contributed by atoms with Crippen molar-refractivity contribution in [3.8, 4) is 0 Å². The van der Waals surface area contributed by atoms with E-state index in [0.29, 0.717) is 13.1 Å². The zero-order chi connectivity index (χ0) is 14.8. The highest BCUT2D eigenvalue weighted by atomic mass is 16.4. The molecule has 0 aromatic carbocycles. The molecule has 1 unspecified atom stereocenters. The normalized spacial score (nSPS) is 12.3. The van der Waals surface area contributed by atoms with E-state index in [2.05, 4.69) is 10.2 Å². The molecule has 0 rings (SSSR count). The Kier molecular flexibility index (Phi) is 8.95. The smallest absolute Gasteiger partial charge is 0.317 e. The predicted molar refractivity (Wildman–Crippen MR) is 75.3 cm³/mol. The Morgan fingerprint density at radius 3 is 2.37 bits per heavy atom. The Morgan fingerprint density at radius 2 is 1.89 bits per heavy atom. The molecule has 0 saturated carbocycles. The lowest BCUT2D eigenvalue weighted by Crippen LogP contribution is -2.45. The quantitative estimate of drug-likeness (QED) is 0.620. The molecule has 0 bridgehead atoms. The van der Waals surface area contributed by atoms with E-state index in [1.807, 2.05) is 21.0 Å². The van der Waals surface area contributed by atoms with Gasteiger partial charge in [-0.3, -0.25) is 4.79 Å². The topological polar surface area (TPSA) is 72.9 Å². The number of carboxylic acids is 1. The lowest BCUT2D eigenvalue weighted by molar-refractivity contribution is -0.138. The molecule has 1 atom stereocenters. The van der Waals surface area contributed by atoms with Gasteiger partial charge in [-0.05, 0) is 47.3 Å². The van der Waals surface area contributed by atoms with Gasteiger partial charge in [-0.15, -0.1) is 0 Å². The number of nitrogens with zero attached hydrogens (tertiary/aromatic N) is 2. The number of amides is 2. The molecule has 6 heteroatoms. The molecule has 0 spiro atoms. The summed E-state index contributed by atoms with van der Waals surface area (Å²) in [5.74, 6) is -0.885. The van der Waals surface area contributed by atoms with Crippen LogP contribution in [0.15, 0.2) is 0 Å². The summed E-state index contributed by atoms with van der Waals surface area (Å²) >= 11 is 0. The van der Waals surface area contributed by atoms with Gasteiger partial charge in [0.15, 0.2) is 0 Å². The van der Waals surface area contributed by atoms with E-state index in [4.69, 9.17) is 5.11 Å². The van der Waals surface area contributed by atoms with Crippen molar-refractivity contribution in [3.05, 3.63) is 0 Å². The van der Waals surface area contributed by atoms with Crippen molar-refractivity contribution in [2.24, 2.45) is 0 Å². The van der Waals surface area contributed by atoms with Crippen molar-refractivity contribution in [2.75, 3.05) is 33.7 Å². The number of nitrogens with one attached hydrogen (secondary N) is 1. The molecule has 0 radical (unpaired) electrons. The third-order valence-electron chi connectivity index (χ3n) is 2.91. The molecular formula is C13H27N3O3. The standard InChI is InChI=1S/C13H27N3O3/c1-5-16(11(2)10-12(17)18)13(19)14-8-6-7-9-15(3)4/h11H,5-10H2,1-4H3,(H,14,19)(H,17,18). The highest BCUT2D eigenvalue weighted by Gasteiger charge is 2.20. The molecule has 0 aromatic rings. The van der Waals surface area contributed by atoms with Gasteiger partial charge in [-0.25, -0.2) is 4.79 Å². The molecule has 0 saturated heterocycles. The highest BCUT2D eigenvalue weighted by molar-refractivity contribution is 5.75. The molecule has 2 amide bonds. The molecule has 0 aliphatic carbocycles. The van der Waals surface area contributed by atoms with Crippen LogP contribution in [0.4, 0.5) is 4.79 Å². The maximum Gasteiger partial charge on any atom is 0.317 e. The van der Waals surface area contributed by atoms with Crippen LogP contribution in [0.2, 0.25) is 0 Å². The van der Waals surface area contributed by atoms with Crippen molar-refractivity contribution in [1.29, 1.82) is 0 Å². The molecule has 0 aromatic heterocycles. The zero-order valence-electron chi connectivity index (χ0n) is 12.5. The predicted octanol–water partition coefficient (Wildman–Crippen LogP) is 1.22. The van der Waals surface area contributed by atoms with Gasteiger partial charge in [0.05, 0.1) is 6.42 Å². The first-order chi connectivity index (χ1) is 8.88. The molecule has 0 fully saturated rings. The largest absolute Gasteiger partial charge is 0.481 e. The lowest BCUT2D eigenvalue weighted by Gasteiger charge is -2.27. The number of rotatable bonds is 9. The Bertz CT molecular complexity index is 282. The number of carbonyl (C=O) groups excluding carboxylic acids is 1. The van der Waals surface area contributed by atoms with E-state index in [0.717, 1.165) is 19.4 Å². The summed E-state index contributed by atoms with van der Waals surface area (Å²) < 4.78 is 0. The average molecular weight is 273 g/mol. The van der Waals surface area contributed by atoms with E-state index < -0.39 is 5.97 Å². The van der Waals surface area contributed by atoms with Gasteiger partial charge >= 0.3 is 12.0 Å². The Balaban J connectivity index is 3.97. The van der Waals surface area contributed by atoms with E-state index in [1.165, 1.54) is 0 Å². The maximum absolute atomic E-state index is 11.9. The third kappa shape index (κ3) is 8.42. The van der Waals surface area contributed by atoms with Gasteiger partial charge in [0.25, 0.3) is 0 Å². The molecule has 6 nitrogen and oxygen atoms in total. The average Bonchev–Trinajstić information content (AvgIpc) is 2.27. The van der Waals surface area contributed by atoms with Crippen LogP contribution >= 0.6 is 0 Å². The summed E-state index contributed by atoms with van der Waals surface area (Å²) in [5, 5.41) is 11.6. The summed E-state index contributed by atoms with van der Waals surface area (Å²) in [7, 11) is 4.04. The van der Waals surface area contributed by atoms with Crippen LogP contribution in [-0.2, 0) is 4.79 Å². The molecule has 0 aliphatic rings. The summed E-state index contributed by atoms with van der Waals surface area (Å²) in [6.07, 6.45) is 1.93. The van der Waals surface area contributed by atoms with Crippen molar-refractivity contribution < 1.29 is 14.7 Å². The van der Waals surface area contributed by atoms with Crippen LogP contribution in [-0.4, -0.2) is 66.7 Å². The Labute approximate surface area is 115 Å². The Morgan fingerprint density at radius 1 is 1.26 bits per heavy atom. The lowest BCUT2D eigenvalue weighted by atomic mass is 10.2.